The second kappa shape index (κ2) is 8.67. The Morgan fingerprint density at radius 1 is 1.13 bits per heavy atom. The predicted molar refractivity (Wildman–Crippen MR) is 114 cm³/mol. The molecule has 1 aliphatic heterocycles. The van der Waals surface area contributed by atoms with E-state index in [1.165, 1.54) is 23.9 Å². The number of carbonyl (C=O) groups excluding carboxylic acids is 2. The lowest BCUT2D eigenvalue weighted by Crippen LogP contribution is -2.30. The third-order valence-electron chi connectivity index (χ3n) is 4.85. The predicted octanol–water partition coefficient (Wildman–Crippen LogP) is 4.21. The maximum absolute atomic E-state index is 13.0. The van der Waals surface area contributed by atoms with E-state index < -0.39 is 0 Å². The van der Waals surface area contributed by atoms with Crippen LogP contribution in [0.1, 0.15) is 28.4 Å². The van der Waals surface area contributed by atoms with Gasteiger partial charge in [-0.25, -0.2) is 9.37 Å². The average molecular weight is 421 g/mol. The smallest absolute Gasteiger partial charge is 0.261 e. The molecule has 0 saturated carbocycles. The van der Waals surface area contributed by atoms with E-state index in [-0.39, 0.29) is 24.1 Å². The van der Waals surface area contributed by atoms with Gasteiger partial charge in [0.2, 0.25) is 5.91 Å². The number of carbonyl (C=O) groups is 2. The summed E-state index contributed by atoms with van der Waals surface area (Å²) in [6.07, 6.45) is 1.87. The number of pyridine rings is 1. The molecule has 0 fully saturated rings. The molecule has 30 heavy (non-hydrogen) atoms. The van der Waals surface area contributed by atoms with Crippen LogP contribution in [0.25, 0.3) is 0 Å². The van der Waals surface area contributed by atoms with Gasteiger partial charge in [0.05, 0.1) is 17.7 Å². The summed E-state index contributed by atoms with van der Waals surface area (Å²) in [6.45, 7) is 2.86. The van der Waals surface area contributed by atoms with Crippen LogP contribution in [-0.4, -0.2) is 23.3 Å². The fraction of sp³-hybridized carbons (Fsp3) is 0.174. The second-order valence-electron chi connectivity index (χ2n) is 6.89. The Morgan fingerprint density at radius 3 is 2.67 bits per heavy atom. The summed E-state index contributed by atoms with van der Waals surface area (Å²) in [4.78, 5) is 32.2. The van der Waals surface area contributed by atoms with E-state index in [2.05, 4.69) is 10.3 Å². The van der Waals surface area contributed by atoms with E-state index in [0.717, 1.165) is 21.7 Å². The Labute approximate surface area is 178 Å². The molecule has 5 nitrogen and oxygen atoms in total. The summed E-state index contributed by atoms with van der Waals surface area (Å²) in [7, 11) is 0. The van der Waals surface area contributed by atoms with Gasteiger partial charge in [0.15, 0.2) is 0 Å². The van der Waals surface area contributed by atoms with E-state index in [1.54, 1.807) is 35.4 Å². The molecule has 0 saturated heterocycles. The van der Waals surface area contributed by atoms with E-state index in [0.29, 0.717) is 23.7 Å². The molecule has 1 aromatic heterocycles. The first-order valence-electron chi connectivity index (χ1n) is 9.64. The van der Waals surface area contributed by atoms with Crippen molar-refractivity contribution in [1.29, 1.82) is 0 Å². The van der Waals surface area contributed by atoms with E-state index in [1.807, 2.05) is 25.1 Å². The third kappa shape index (κ3) is 4.21. The number of benzene rings is 2. The van der Waals surface area contributed by atoms with Crippen molar-refractivity contribution < 1.29 is 14.0 Å². The van der Waals surface area contributed by atoms with Crippen LogP contribution in [-0.2, 0) is 17.8 Å². The molecule has 0 spiro atoms. The first kappa shape index (κ1) is 20.1. The molecule has 0 radical (unpaired) electrons. The molecule has 0 unspecified atom stereocenters. The maximum atomic E-state index is 13.0. The Bertz CT molecular complexity index is 1100. The number of halogens is 1. The summed E-state index contributed by atoms with van der Waals surface area (Å²) in [5, 5.41) is 3.58. The van der Waals surface area contributed by atoms with Gasteiger partial charge >= 0.3 is 0 Å². The molecule has 1 N–H and O–H groups in total. The molecular formula is C23H20FN3O2S. The quantitative estimate of drug-likeness (QED) is 0.670. The van der Waals surface area contributed by atoms with Crippen LogP contribution in [0.2, 0.25) is 0 Å². The van der Waals surface area contributed by atoms with Gasteiger partial charge in [0.1, 0.15) is 10.8 Å². The highest BCUT2D eigenvalue weighted by atomic mass is 32.2. The minimum absolute atomic E-state index is 0.0628. The van der Waals surface area contributed by atoms with Crippen LogP contribution in [0.5, 0.6) is 0 Å². The summed E-state index contributed by atoms with van der Waals surface area (Å²) in [5.74, 6) is -0.522. The molecule has 2 aromatic carbocycles. The lowest BCUT2D eigenvalue weighted by molar-refractivity contribution is -0.120. The normalized spacial score (nSPS) is 12.7. The Hall–Kier alpha value is -3.19. The molecule has 7 heteroatoms. The lowest BCUT2D eigenvalue weighted by Gasteiger charge is -2.21. The minimum Gasteiger partial charge on any atom is -0.352 e. The number of hydrogen-bond donors (Lipinski definition) is 1. The van der Waals surface area contributed by atoms with Gasteiger partial charge in [-0.3, -0.25) is 9.59 Å². The average Bonchev–Trinajstić information content (AvgIpc) is 2.87. The number of rotatable bonds is 5. The van der Waals surface area contributed by atoms with Crippen molar-refractivity contribution in [2.45, 2.75) is 29.8 Å². The fourth-order valence-corrected chi connectivity index (χ4v) is 4.41. The number of anilines is 1. The topological polar surface area (TPSA) is 62.3 Å². The zero-order chi connectivity index (χ0) is 21.1. The van der Waals surface area contributed by atoms with Crippen LogP contribution in [0.3, 0.4) is 0 Å². The van der Waals surface area contributed by atoms with Crippen LogP contribution in [0, 0.1) is 5.82 Å². The van der Waals surface area contributed by atoms with Crippen LogP contribution in [0.15, 0.2) is 70.7 Å². The molecule has 0 aliphatic carbocycles. The molecule has 2 amide bonds. The molecule has 3 aromatic rings. The summed E-state index contributed by atoms with van der Waals surface area (Å²) in [6, 6.07) is 15.3. The van der Waals surface area contributed by atoms with Gasteiger partial charge in [-0.15, -0.1) is 0 Å². The summed E-state index contributed by atoms with van der Waals surface area (Å²) >= 11 is 1.46. The van der Waals surface area contributed by atoms with Gasteiger partial charge in [-0.05, 0) is 54.4 Å². The summed E-state index contributed by atoms with van der Waals surface area (Å²) < 4.78 is 13.0. The molecule has 152 valence electrons. The standard InChI is InChI=1S/C23H20FN3O2S/c1-2-27-19-10-7-16(14-26-21(28)13-15-5-8-17(24)9-6-15)12-20(19)30-22-18(23(27)29)4-3-11-25-22/h3-12H,2,13-14H2,1H3,(H,26,28). The zero-order valence-electron chi connectivity index (χ0n) is 16.4. The Balaban J connectivity index is 1.51. The monoisotopic (exact) mass is 421 g/mol. The second-order valence-corrected chi connectivity index (χ2v) is 7.92. The maximum Gasteiger partial charge on any atom is 0.261 e. The third-order valence-corrected chi connectivity index (χ3v) is 5.92. The van der Waals surface area contributed by atoms with Crippen LogP contribution < -0.4 is 10.2 Å². The SMILES string of the molecule is CCN1C(=O)c2cccnc2Sc2cc(CNC(=O)Cc3ccc(F)cc3)ccc21. The highest BCUT2D eigenvalue weighted by Gasteiger charge is 2.27. The Morgan fingerprint density at radius 2 is 1.90 bits per heavy atom. The molecule has 2 heterocycles. The summed E-state index contributed by atoms with van der Waals surface area (Å²) in [5.41, 5.74) is 3.12. The van der Waals surface area contributed by atoms with E-state index in [4.69, 9.17) is 0 Å². The molecule has 4 rings (SSSR count). The van der Waals surface area contributed by atoms with Gasteiger partial charge in [0.25, 0.3) is 5.91 Å². The van der Waals surface area contributed by atoms with Gasteiger partial charge in [-0.2, -0.15) is 0 Å². The molecule has 1 aliphatic rings. The van der Waals surface area contributed by atoms with Crippen LogP contribution >= 0.6 is 11.8 Å². The molecular weight excluding hydrogens is 401 g/mol. The number of nitrogens with one attached hydrogen (secondary N) is 1. The number of aromatic nitrogens is 1. The fourth-order valence-electron chi connectivity index (χ4n) is 3.33. The number of hydrogen-bond acceptors (Lipinski definition) is 4. The first-order valence-corrected chi connectivity index (χ1v) is 10.5. The van der Waals surface area contributed by atoms with Crippen molar-refractivity contribution in [3.8, 4) is 0 Å². The van der Waals surface area contributed by atoms with Crippen molar-refractivity contribution in [2.75, 3.05) is 11.4 Å². The first-order chi connectivity index (χ1) is 14.5. The van der Waals surface area contributed by atoms with Gasteiger partial charge < -0.3 is 10.2 Å². The lowest BCUT2D eigenvalue weighted by atomic mass is 10.1. The van der Waals surface area contributed by atoms with E-state index in [9.17, 15) is 14.0 Å². The van der Waals surface area contributed by atoms with Crippen molar-refractivity contribution in [1.82, 2.24) is 10.3 Å². The highest BCUT2D eigenvalue weighted by molar-refractivity contribution is 7.99. The van der Waals surface area contributed by atoms with Gasteiger partial charge in [-0.1, -0.05) is 30.0 Å². The molecule has 0 atom stereocenters. The van der Waals surface area contributed by atoms with Crippen molar-refractivity contribution in [3.05, 3.63) is 83.3 Å². The largest absolute Gasteiger partial charge is 0.352 e. The minimum atomic E-state index is -0.322. The van der Waals surface area contributed by atoms with Crippen LogP contribution in [0.4, 0.5) is 10.1 Å². The zero-order valence-corrected chi connectivity index (χ0v) is 17.2. The number of nitrogens with zero attached hydrogens (tertiary/aromatic N) is 2. The van der Waals surface area contributed by atoms with Crippen molar-refractivity contribution >= 4 is 29.3 Å². The van der Waals surface area contributed by atoms with Crippen molar-refractivity contribution in [2.24, 2.45) is 0 Å². The van der Waals surface area contributed by atoms with E-state index >= 15 is 0 Å². The van der Waals surface area contributed by atoms with Gasteiger partial charge in [0, 0.05) is 24.2 Å². The Kier molecular flexibility index (Phi) is 5.81. The van der Waals surface area contributed by atoms with Crippen molar-refractivity contribution in [3.63, 3.8) is 0 Å². The number of fused-ring (bicyclic) bond motifs is 2. The molecule has 0 bridgehead atoms. The highest BCUT2D eigenvalue weighted by Crippen LogP contribution is 2.40. The number of amides is 2.